The van der Waals surface area contributed by atoms with Crippen LogP contribution in [-0.4, -0.2) is 51.4 Å². The van der Waals surface area contributed by atoms with Gasteiger partial charge in [0.25, 0.3) is 0 Å². The van der Waals surface area contributed by atoms with Gasteiger partial charge in [-0.1, -0.05) is 0 Å². The number of amides is 1. The molecule has 1 aromatic rings. The van der Waals surface area contributed by atoms with Gasteiger partial charge in [0.05, 0.1) is 10.9 Å². The van der Waals surface area contributed by atoms with E-state index in [4.69, 9.17) is 5.14 Å². The van der Waals surface area contributed by atoms with Gasteiger partial charge in [0.2, 0.25) is 15.9 Å². The Kier molecular flexibility index (Phi) is 7.62. The molecule has 1 aliphatic rings. The fourth-order valence-electron chi connectivity index (χ4n) is 2.73. The number of carbonyl (C=O) groups excluding carboxylic acids is 1. The number of likely N-dealkylation sites (tertiary alicyclic amines) is 1. The molecule has 2 unspecified atom stereocenters. The summed E-state index contributed by atoms with van der Waals surface area (Å²) in [7, 11) is -1.78. The molecule has 1 aliphatic heterocycles. The number of carbonyl (C=O) groups is 1. The van der Waals surface area contributed by atoms with Crippen LogP contribution >= 0.6 is 12.4 Å². The van der Waals surface area contributed by atoms with Crippen molar-refractivity contribution in [1.82, 2.24) is 10.2 Å². The van der Waals surface area contributed by atoms with Crippen LogP contribution in [0.3, 0.4) is 0 Å². The van der Waals surface area contributed by atoms with Crippen molar-refractivity contribution in [2.45, 2.75) is 36.7 Å². The Balaban J connectivity index is 0.00000288. The summed E-state index contributed by atoms with van der Waals surface area (Å²) in [4.78, 5) is 14.5. The van der Waals surface area contributed by atoms with E-state index < -0.39 is 10.0 Å². The maximum Gasteiger partial charge on any atom is 0.241 e. The third kappa shape index (κ3) is 5.42. The molecular formula is C15H25ClN4O3S. The van der Waals surface area contributed by atoms with Crippen molar-refractivity contribution in [2.24, 2.45) is 5.14 Å². The number of likely N-dealkylation sites (N-methyl/N-ethyl adjacent to an activating group) is 1. The molecule has 2 atom stereocenters. The zero-order chi connectivity index (χ0) is 17.0. The third-order valence-corrected chi connectivity index (χ3v) is 5.17. The highest BCUT2D eigenvalue weighted by Crippen LogP contribution is 2.16. The minimum Gasteiger partial charge on any atom is -0.325 e. The number of sulfonamides is 1. The van der Waals surface area contributed by atoms with Gasteiger partial charge in [0.15, 0.2) is 0 Å². The molecule has 0 saturated carbocycles. The molecule has 1 aromatic carbocycles. The van der Waals surface area contributed by atoms with E-state index in [9.17, 15) is 13.2 Å². The minimum absolute atomic E-state index is 0. The molecule has 4 N–H and O–H groups in total. The summed E-state index contributed by atoms with van der Waals surface area (Å²) in [6.07, 6.45) is 2.18. The van der Waals surface area contributed by atoms with E-state index in [0.29, 0.717) is 11.7 Å². The van der Waals surface area contributed by atoms with Gasteiger partial charge in [0.1, 0.15) is 0 Å². The van der Waals surface area contributed by atoms with E-state index in [1.54, 1.807) is 0 Å². The number of piperidine rings is 1. The van der Waals surface area contributed by atoms with Gasteiger partial charge in [0, 0.05) is 18.3 Å². The van der Waals surface area contributed by atoms with Crippen LogP contribution in [0.2, 0.25) is 0 Å². The van der Waals surface area contributed by atoms with Gasteiger partial charge < -0.3 is 10.6 Å². The van der Waals surface area contributed by atoms with Crippen molar-refractivity contribution < 1.29 is 13.2 Å². The quantitative estimate of drug-likeness (QED) is 0.704. The monoisotopic (exact) mass is 376 g/mol. The van der Waals surface area contributed by atoms with Gasteiger partial charge in [-0.3, -0.25) is 9.69 Å². The average Bonchev–Trinajstić information content (AvgIpc) is 2.53. The number of benzene rings is 1. The lowest BCUT2D eigenvalue weighted by atomic mass is 10.0. The normalized spacial score (nSPS) is 20.0. The lowest BCUT2D eigenvalue weighted by Gasteiger charge is -2.35. The maximum absolute atomic E-state index is 12.4. The Hall–Kier alpha value is -1.19. The SMILES string of the molecule is CNC1CCCN(C(C)C(=O)Nc2ccc(S(N)(=O)=O)cc2)C1.Cl. The van der Waals surface area contributed by atoms with Gasteiger partial charge in [-0.2, -0.15) is 0 Å². The number of anilines is 1. The van der Waals surface area contributed by atoms with Crippen LogP contribution < -0.4 is 15.8 Å². The van der Waals surface area contributed by atoms with E-state index in [1.165, 1.54) is 24.3 Å². The van der Waals surface area contributed by atoms with Crippen molar-refractivity contribution in [3.63, 3.8) is 0 Å². The highest BCUT2D eigenvalue weighted by atomic mass is 35.5. The Morgan fingerprint density at radius 2 is 1.96 bits per heavy atom. The Labute approximate surface area is 149 Å². The molecule has 0 aromatic heterocycles. The van der Waals surface area contributed by atoms with Crippen LogP contribution in [0.1, 0.15) is 19.8 Å². The standard InChI is InChI=1S/C15H24N4O3S.ClH/c1-11(19-9-3-4-13(10-19)17-2)15(20)18-12-5-7-14(8-6-12)23(16,21)22;/h5-8,11,13,17H,3-4,9-10H2,1-2H3,(H,18,20)(H2,16,21,22);1H. The number of primary sulfonamides is 1. The topological polar surface area (TPSA) is 105 Å². The number of halogens is 1. The molecule has 0 aliphatic carbocycles. The molecule has 2 rings (SSSR count). The lowest BCUT2D eigenvalue weighted by Crippen LogP contribution is -2.51. The minimum atomic E-state index is -3.72. The fourth-order valence-corrected chi connectivity index (χ4v) is 3.25. The predicted molar refractivity (Wildman–Crippen MR) is 96.8 cm³/mol. The van der Waals surface area contributed by atoms with Crippen LogP contribution in [0.5, 0.6) is 0 Å². The average molecular weight is 377 g/mol. The highest BCUT2D eigenvalue weighted by molar-refractivity contribution is 7.89. The first kappa shape index (κ1) is 20.9. The number of hydrogen-bond donors (Lipinski definition) is 3. The van der Waals surface area contributed by atoms with E-state index in [2.05, 4.69) is 15.5 Å². The zero-order valence-corrected chi connectivity index (χ0v) is 15.5. The molecule has 24 heavy (non-hydrogen) atoms. The number of rotatable bonds is 5. The van der Waals surface area contributed by atoms with E-state index >= 15 is 0 Å². The Morgan fingerprint density at radius 1 is 1.33 bits per heavy atom. The first-order valence-corrected chi connectivity index (χ1v) is 9.21. The summed E-state index contributed by atoms with van der Waals surface area (Å²) < 4.78 is 22.4. The van der Waals surface area contributed by atoms with Crippen LogP contribution in [0.25, 0.3) is 0 Å². The highest BCUT2D eigenvalue weighted by Gasteiger charge is 2.26. The Morgan fingerprint density at radius 3 is 2.50 bits per heavy atom. The van der Waals surface area contributed by atoms with Crippen molar-refractivity contribution >= 4 is 34.0 Å². The second kappa shape index (κ2) is 8.77. The smallest absolute Gasteiger partial charge is 0.241 e. The van der Waals surface area contributed by atoms with Crippen LogP contribution in [0, 0.1) is 0 Å². The van der Waals surface area contributed by atoms with Crippen molar-refractivity contribution in [2.75, 3.05) is 25.5 Å². The molecule has 1 amide bonds. The number of hydrogen-bond acceptors (Lipinski definition) is 5. The first-order valence-electron chi connectivity index (χ1n) is 7.66. The molecule has 0 radical (unpaired) electrons. The van der Waals surface area contributed by atoms with Crippen LogP contribution in [0.15, 0.2) is 29.2 Å². The molecule has 7 nitrogen and oxygen atoms in total. The molecule has 0 bridgehead atoms. The summed E-state index contributed by atoms with van der Waals surface area (Å²) >= 11 is 0. The largest absolute Gasteiger partial charge is 0.325 e. The maximum atomic E-state index is 12.4. The molecule has 0 spiro atoms. The molecule has 136 valence electrons. The second-order valence-corrected chi connectivity index (χ2v) is 7.42. The number of nitrogens with one attached hydrogen (secondary N) is 2. The van der Waals surface area contributed by atoms with Gasteiger partial charge >= 0.3 is 0 Å². The van der Waals surface area contributed by atoms with Crippen LogP contribution in [-0.2, 0) is 14.8 Å². The fraction of sp³-hybridized carbons (Fsp3) is 0.533. The third-order valence-electron chi connectivity index (χ3n) is 4.24. The molecule has 9 heteroatoms. The van der Waals surface area contributed by atoms with Gasteiger partial charge in [-0.25, -0.2) is 13.6 Å². The van der Waals surface area contributed by atoms with E-state index in [1.807, 2.05) is 14.0 Å². The van der Waals surface area contributed by atoms with E-state index in [0.717, 1.165) is 25.9 Å². The summed E-state index contributed by atoms with van der Waals surface area (Å²) in [5, 5.41) is 11.1. The summed E-state index contributed by atoms with van der Waals surface area (Å²) in [5.41, 5.74) is 0.552. The van der Waals surface area contributed by atoms with Crippen molar-refractivity contribution in [3.05, 3.63) is 24.3 Å². The van der Waals surface area contributed by atoms with Crippen molar-refractivity contribution in [3.8, 4) is 0 Å². The first-order chi connectivity index (χ1) is 10.8. The van der Waals surface area contributed by atoms with Gasteiger partial charge in [-0.15, -0.1) is 12.4 Å². The summed E-state index contributed by atoms with van der Waals surface area (Å²) in [5.74, 6) is -0.106. The molecule has 1 heterocycles. The second-order valence-electron chi connectivity index (χ2n) is 5.86. The van der Waals surface area contributed by atoms with Crippen molar-refractivity contribution in [1.29, 1.82) is 0 Å². The predicted octanol–water partition coefficient (Wildman–Crippen LogP) is 0.767. The molecule has 1 saturated heterocycles. The van der Waals surface area contributed by atoms with Crippen LogP contribution in [0.4, 0.5) is 5.69 Å². The van der Waals surface area contributed by atoms with E-state index in [-0.39, 0.29) is 29.3 Å². The number of nitrogens with zero attached hydrogens (tertiary/aromatic N) is 1. The lowest BCUT2D eigenvalue weighted by molar-refractivity contribution is -0.121. The van der Waals surface area contributed by atoms with Gasteiger partial charge in [-0.05, 0) is 57.6 Å². The molecule has 1 fully saturated rings. The summed E-state index contributed by atoms with van der Waals surface area (Å²) in [6.45, 7) is 3.62. The summed E-state index contributed by atoms with van der Waals surface area (Å²) in [6, 6.07) is 6.01. The molecular weight excluding hydrogens is 352 g/mol. The number of nitrogens with two attached hydrogens (primary N) is 1. The Bertz CT molecular complexity index is 651. The zero-order valence-electron chi connectivity index (χ0n) is 13.9.